The van der Waals surface area contributed by atoms with Crippen LogP contribution in [0.1, 0.15) is 5.56 Å². The Labute approximate surface area is 107 Å². The molecule has 0 unspecified atom stereocenters. The van der Waals surface area contributed by atoms with Gasteiger partial charge >= 0.3 is 0 Å². The molecular formula is C12H11F2N3O2. The standard InChI is InChI=1S/C12H11F2N3O2/c1-19-10-4-8(13)7(3-9(10)14)12-6(5-15)2-11(18)16-17-12/h2-4H,5,15H2,1H3,(H,16,18). The van der Waals surface area contributed by atoms with Crippen LogP contribution in [-0.2, 0) is 6.54 Å². The number of nitrogens with zero attached hydrogens (tertiary/aromatic N) is 1. The maximum atomic E-state index is 13.9. The van der Waals surface area contributed by atoms with E-state index in [1.165, 1.54) is 13.2 Å². The van der Waals surface area contributed by atoms with Crippen LogP contribution in [0.15, 0.2) is 23.0 Å². The fraction of sp³-hybridized carbons (Fsp3) is 0.167. The number of H-pyrrole nitrogens is 1. The average molecular weight is 267 g/mol. The van der Waals surface area contributed by atoms with Gasteiger partial charge in [-0.3, -0.25) is 4.79 Å². The predicted molar refractivity (Wildman–Crippen MR) is 64.7 cm³/mol. The van der Waals surface area contributed by atoms with E-state index < -0.39 is 17.2 Å². The first kappa shape index (κ1) is 13.2. The Morgan fingerprint density at radius 3 is 2.68 bits per heavy atom. The first-order valence-corrected chi connectivity index (χ1v) is 5.39. The lowest BCUT2D eigenvalue weighted by Crippen LogP contribution is -2.13. The van der Waals surface area contributed by atoms with Crippen molar-refractivity contribution in [3.05, 3.63) is 45.8 Å². The fourth-order valence-corrected chi connectivity index (χ4v) is 1.70. The van der Waals surface area contributed by atoms with Gasteiger partial charge in [-0.1, -0.05) is 0 Å². The van der Waals surface area contributed by atoms with Gasteiger partial charge in [0.05, 0.1) is 12.8 Å². The number of rotatable bonds is 3. The SMILES string of the molecule is COc1cc(F)c(-c2n[nH]c(=O)cc2CN)cc1F. The first-order chi connectivity index (χ1) is 9.06. The number of methoxy groups -OCH3 is 1. The molecule has 0 bridgehead atoms. The van der Waals surface area contributed by atoms with Crippen molar-refractivity contribution in [2.24, 2.45) is 5.73 Å². The molecule has 100 valence electrons. The molecule has 1 aromatic heterocycles. The van der Waals surface area contributed by atoms with E-state index in [2.05, 4.69) is 14.9 Å². The summed E-state index contributed by atoms with van der Waals surface area (Å²) in [5, 5.41) is 5.88. The number of aromatic nitrogens is 2. The van der Waals surface area contributed by atoms with E-state index in [0.717, 1.165) is 12.1 Å². The Kier molecular flexibility index (Phi) is 3.57. The zero-order chi connectivity index (χ0) is 14.0. The summed E-state index contributed by atoms with van der Waals surface area (Å²) in [5.41, 5.74) is 5.34. The molecule has 0 saturated heterocycles. The van der Waals surface area contributed by atoms with Crippen molar-refractivity contribution in [3.8, 4) is 17.0 Å². The van der Waals surface area contributed by atoms with Crippen LogP contribution in [0.25, 0.3) is 11.3 Å². The smallest absolute Gasteiger partial charge is 0.264 e. The molecule has 1 aromatic carbocycles. The van der Waals surface area contributed by atoms with Crippen molar-refractivity contribution in [1.29, 1.82) is 0 Å². The highest BCUT2D eigenvalue weighted by molar-refractivity contribution is 5.64. The zero-order valence-electron chi connectivity index (χ0n) is 10.0. The van der Waals surface area contributed by atoms with Gasteiger partial charge in [0, 0.05) is 24.2 Å². The minimum Gasteiger partial charge on any atom is -0.494 e. The van der Waals surface area contributed by atoms with Crippen LogP contribution >= 0.6 is 0 Å². The van der Waals surface area contributed by atoms with Crippen molar-refractivity contribution in [2.75, 3.05) is 7.11 Å². The van der Waals surface area contributed by atoms with Crippen LogP contribution in [0.3, 0.4) is 0 Å². The molecule has 3 N–H and O–H groups in total. The molecule has 0 radical (unpaired) electrons. The quantitative estimate of drug-likeness (QED) is 0.875. The molecule has 2 aromatic rings. The van der Waals surface area contributed by atoms with Crippen LogP contribution in [0.5, 0.6) is 5.75 Å². The topological polar surface area (TPSA) is 81.0 Å². The molecule has 0 fully saturated rings. The first-order valence-electron chi connectivity index (χ1n) is 5.39. The summed E-state index contributed by atoms with van der Waals surface area (Å²) in [6.45, 7) is -0.0145. The average Bonchev–Trinajstić information content (AvgIpc) is 2.41. The van der Waals surface area contributed by atoms with Gasteiger partial charge in [-0.25, -0.2) is 13.9 Å². The van der Waals surface area contributed by atoms with Crippen molar-refractivity contribution in [1.82, 2.24) is 10.2 Å². The number of nitrogens with one attached hydrogen (secondary N) is 1. The number of benzene rings is 1. The van der Waals surface area contributed by atoms with Gasteiger partial charge in [-0.05, 0) is 11.6 Å². The molecule has 0 amide bonds. The third kappa shape index (κ3) is 2.45. The van der Waals surface area contributed by atoms with Crippen molar-refractivity contribution < 1.29 is 13.5 Å². The minimum atomic E-state index is -0.727. The molecule has 0 atom stereocenters. The summed E-state index contributed by atoms with van der Waals surface area (Å²) in [7, 11) is 1.24. The van der Waals surface area contributed by atoms with E-state index in [-0.39, 0.29) is 23.6 Å². The maximum absolute atomic E-state index is 13.9. The minimum absolute atomic E-state index is 0.0145. The Morgan fingerprint density at radius 2 is 2.05 bits per heavy atom. The number of hydrogen-bond acceptors (Lipinski definition) is 4. The van der Waals surface area contributed by atoms with Crippen LogP contribution in [-0.4, -0.2) is 17.3 Å². The molecule has 2 rings (SSSR count). The number of ether oxygens (including phenoxy) is 1. The van der Waals surface area contributed by atoms with E-state index in [0.29, 0.717) is 5.56 Å². The van der Waals surface area contributed by atoms with Gasteiger partial charge in [0.15, 0.2) is 11.6 Å². The monoisotopic (exact) mass is 267 g/mol. The summed E-state index contributed by atoms with van der Waals surface area (Å²) in [4.78, 5) is 11.1. The lowest BCUT2D eigenvalue weighted by Gasteiger charge is -2.09. The highest BCUT2D eigenvalue weighted by Gasteiger charge is 2.16. The third-order valence-corrected chi connectivity index (χ3v) is 2.60. The zero-order valence-corrected chi connectivity index (χ0v) is 10.0. The second-order valence-electron chi connectivity index (χ2n) is 3.78. The van der Waals surface area contributed by atoms with Crippen molar-refractivity contribution in [2.45, 2.75) is 6.54 Å². The van der Waals surface area contributed by atoms with Gasteiger partial charge in [0.25, 0.3) is 5.56 Å². The molecule has 7 heteroatoms. The van der Waals surface area contributed by atoms with Gasteiger partial charge in [0.1, 0.15) is 5.82 Å². The summed E-state index contributed by atoms with van der Waals surface area (Å²) in [6, 6.07) is 3.07. The van der Waals surface area contributed by atoms with Crippen molar-refractivity contribution in [3.63, 3.8) is 0 Å². The van der Waals surface area contributed by atoms with Crippen molar-refractivity contribution >= 4 is 0 Å². The molecular weight excluding hydrogens is 256 g/mol. The second-order valence-corrected chi connectivity index (χ2v) is 3.78. The summed E-state index contributed by atoms with van der Waals surface area (Å²) in [6.07, 6.45) is 0. The van der Waals surface area contributed by atoms with Gasteiger partial charge in [0.2, 0.25) is 0 Å². The van der Waals surface area contributed by atoms with Crippen LogP contribution < -0.4 is 16.0 Å². The molecule has 19 heavy (non-hydrogen) atoms. The van der Waals surface area contributed by atoms with Crippen LogP contribution in [0.2, 0.25) is 0 Å². The molecule has 0 aliphatic carbocycles. The summed E-state index contributed by atoms with van der Waals surface area (Å²) in [5.74, 6) is -1.65. The number of aromatic amines is 1. The van der Waals surface area contributed by atoms with E-state index in [1.807, 2.05) is 0 Å². The number of halogens is 2. The van der Waals surface area contributed by atoms with Gasteiger partial charge < -0.3 is 10.5 Å². The molecule has 0 saturated carbocycles. The third-order valence-electron chi connectivity index (χ3n) is 2.60. The molecule has 0 spiro atoms. The normalized spacial score (nSPS) is 10.5. The molecule has 0 aliphatic heterocycles. The predicted octanol–water partition coefficient (Wildman–Crippen LogP) is 1.18. The van der Waals surface area contributed by atoms with Crippen LogP contribution in [0, 0.1) is 11.6 Å². The Hall–Kier alpha value is -2.28. The highest BCUT2D eigenvalue weighted by Crippen LogP contribution is 2.28. The largest absolute Gasteiger partial charge is 0.494 e. The number of hydrogen-bond donors (Lipinski definition) is 2. The van der Waals surface area contributed by atoms with Gasteiger partial charge in [-0.15, -0.1) is 0 Å². The summed E-state index contributed by atoms with van der Waals surface area (Å²) < 4.78 is 32.2. The van der Waals surface area contributed by atoms with Crippen LogP contribution in [0.4, 0.5) is 8.78 Å². The van der Waals surface area contributed by atoms with E-state index in [9.17, 15) is 13.6 Å². The Morgan fingerprint density at radius 1 is 1.32 bits per heavy atom. The van der Waals surface area contributed by atoms with E-state index in [1.54, 1.807) is 0 Å². The lowest BCUT2D eigenvalue weighted by molar-refractivity contribution is 0.383. The van der Waals surface area contributed by atoms with E-state index >= 15 is 0 Å². The summed E-state index contributed by atoms with van der Waals surface area (Å²) >= 11 is 0. The van der Waals surface area contributed by atoms with E-state index in [4.69, 9.17) is 5.73 Å². The van der Waals surface area contributed by atoms with Gasteiger partial charge in [-0.2, -0.15) is 5.10 Å². The molecule has 0 aliphatic rings. The molecule has 5 nitrogen and oxygen atoms in total. The Bertz CT molecular complexity index is 671. The highest BCUT2D eigenvalue weighted by atomic mass is 19.1. The second kappa shape index (κ2) is 5.15. The number of nitrogens with two attached hydrogens (primary N) is 1. The maximum Gasteiger partial charge on any atom is 0.264 e. The fourth-order valence-electron chi connectivity index (χ4n) is 1.70. The molecule has 1 heterocycles. The lowest BCUT2D eigenvalue weighted by atomic mass is 10.1. The Balaban J connectivity index is 2.65.